The van der Waals surface area contributed by atoms with Gasteiger partial charge in [-0.15, -0.1) is 0 Å². The van der Waals surface area contributed by atoms with Crippen molar-refractivity contribution in [3.8, 4) is 0 Å². The molecule has 5 nitrogen and oxygen atoms in total. The standard InChI is InChI=1S/C15H16ClN3O2/c1-21-7-6-19-14(12(16)9-18-19)15(20)11-3-2-10-4-5-17-13(10)8-11/h2-3,8-9,17H,4-7H2,1H3. The highest BCUT2D eigenvalue weighted by atomic mass is 35.5. The van der Waals surface area contributed by atoms with Crippen LogP contribution in [0.3, 0.4) is 0 Å². The molecule has 0 saturated carbocycles. The van der Waals surface area contributed by atoms with E-state index in [1.165, 1.54) is 11.8 Å². The number of ketones is 1. The van der Waals surface area contributed by atoms with Crippen molar-refractivity contribution >= 4 is 23.1 Å². The van der Waals surface area contributed by atoms with Gasteiger partial charge < -0.3 is 10.1 Å². The Balaban J connectivity index is 1.93. The molecular weight excluding hydrogens is 290 g/mol. The van der Waals surface area contributed by atoms with E-state index < -0.39 is 0 Å². The maximum atomic E-state index is 12.7. The fourth-order valence-corrected chi connectivity index (χ4v) is 2.73. The number of methoxy groups -OCH3 is 1. The van der Waals surface area contributed by atoms with Gasteiger partial charge in [-0.3, -0.25) is 9.48 Å². The van der Waals surface area contributed by atoms with Gasteiger partial charge in [0.2, 0.25) is 5.78 Å². The van der Waals surface area contributed by atoms with Crippen LogP contribution < -0.4 is 5.32 Å². The number of carbonyl (C=O) groups is 1. The van der Waals surface area contributed by atoms with E-state index in [0.717, 1.165) is 18.7 Å². The first-order valence-electron chi connectivity index (χ1n) is 6.82. The molecule has 6 heteroatoms. The van der Waals surface area contributed by atoms with Crippen LogP contribution in [0.25, 0.3) is 0 Å². The molecule has 21 heavy (non-hydrogen) atoms. The fraction of sp³-hybridized carbons (Fsp3) is 0.333. The highest BCUT2D eigenvalue weighted by molar-refractivity contribution is 6.34. The monoisotopic (exact) mass is 305 g/mol. The number of fused-ring (bicyclic) bond motifs is 1. The molecule has 1 N–H and O–H groups in total. The summed E-state index contributed by atoms with van der Waals surface area (Å²) in [7, 11) is 1.61. The van der Waals surface area contributed by atoms with Crippen LogP contribution in [-0.2, 0) is 17.7 Å². The second-order valence-corrected chi connectivity index (χ2v) is 5.34. The molecule has 2 aromatic rings. The highest BCUT2D eigenvalue weighted by Gasteiger charge is 2.21. The van der Waals surface area contributed by atoms with Crippen molar-refractivity contribution in [2.24, 2.45) is 0 Å². The molecule has 0 unspecified atom stereocenters. The van der Waals surface area contributed by atoms with Crippen LogP contribution in [-0.4, -0.2) is 35.8 Å². The smallest absolute Gasteiger partial charge is 0.212 e. The first kappa shape index (κ1) is 14.1. The molecule has 1 aromatic heterocycles. The summed E-state index contributed by atoms with van der Waals surface area (Å²) in [5.41, 5.74) is 3.29. The largest absolute Gasteiger partial charge is 0.384 e. The van der Waals surface area contributed by atoms with E-state index in [2.05, 4.69) is 10.4 Å². The quantitative estimate of drug-likeness (QED) is 0.862. The highest BCUT2D eigenvalue weighted by Crippen LogP contribution is 2.26. The number of carbonyl (C=O) groups excluding carboxylic acids is 1. The molecule has 1 aliphatic rings. The Morgan fingerprint density at radius 2 is 2.38 bits per heavy atom. The third-order valence-corrected chi connectivity index (χ3v) is 3.88. The summed E-state index contributed by atoms with van der Waals surface area (Å²) in [6, 6.07) is 5.72. The van der Waals surface area contributed by atoms with Crippen LogP contribution in [0.4, 0.5) is 5.69 Å². The minimum absolute atomic E-state index is 0.120. The molecular formula is C15H16ClN3O2. The fourth-order valence-electron chi connectivity index (χ4n) is 2.50. The number of nitrogens with one attached hydrogen (secondary N) is 1. The van der Waals surface area contributed by atoms with Crippen molar-refractivity contribution in [2.45, 2.75) is 13.0 Å². The van der Waals surface area contributed by atoms with Gasteiger partial charge >= 0.3 is 0 Å². The zero-order chi connectivity index (χ0) is 14.8. The number of halogens is 1. The van der Waals surface area contributed by atoms with Crippen molar-refractivity contribution < 1.29 is 9.53 Å². The van der Waals surface area contributed by atoms with Crippen molar-refractivity contribution in [1.29, 1.82) is 0 Å². The Morgan fingerprint density at radius 1 is 1.52 bits per heavy atom. The van der Waals surface area contributed by atoms with E-state index in [1.807, 2.05) is 18.2 Å². The van der Waals surface area contributed by atoms with E-state index >= 15 is 0 Å². The first-order chi connectivity index (χ1) is 10.2. The summed E-state index contributed by atoms with van der Waals surface area (Å²) in [4.78, 5) is 12.7. The summed E-state index contributed by atoms with van der Waals surface area (Å²) < 4.78 is 6.62. The maximum Gasteiger partial charge on any atom is 0.212 e. The molecule has 2 heterocycles. The second kappa shape index (κ2) is 5.87. The Kier molecular flexibility index (Phi) is 3.94. The van der Waals surface area contributed by atoms with E-state index in [-0.39, 0.29) is 5.78 Å². The average molecular weight is 306 g/mol. The lowest BCUT2D eigenvalue weighted by Crippen LogP contribution is -2.14. The Morgan fingerprint density at radius 3 is 3.19 bits per heavy atom. The number of benzene rings is 1. The summed E-state index contributed by atoms with van der Waals surface area (Å²) in [6.45, 7) is 1.89. The number of nitrogens with zero attached hydrogens (tertiary/aromatic N) is 2. The number of aromatic nitrogens is 2. The van der Waals surface area contributed by atoms with Crippen molar-refractivity contribution in [2.75, 3.05) is 25.6 Å². The predicted octanol–water partition coefficient (Wildman–Crippen LogP) is 2.38. The van der Waals surface area contributed by atoms with Gasteiger partial charge in [0, 0.05) is 24.9 Å². The zero-order valence-electron chi connectivity index (χ0n) is 11.7. The topological polar surface area (TPSA) is 56.2 Å². The number of ether oxygens (including phenoxy) is 1. The molecule has 3 rings (SSSR count). The number of hydrogen-bond donors (Lipinski definition) is 1. The summed E-state index contributed by atoms with van der Waals surface area (Å²) >= 11 is 6.13. The maximum absolute atomic E-state index is 12.7. The van der Waals surface area contributed by atoms with Crippen LogP contribution in [0.5, 0.6) is 0 Å². The third-order valence-electron chi connectivity index (χ3n) is 3.60. The van der Waals surface area contributed by atoms with Crippen LogP contribution in [0.2, 0.25) is 5.02 Å². The minimum atomic E-state index is -0.120. The van der Waals surface area contributed by atoms with Crippen LogP contribution >= 0.6 is 11.6 Å². The summed E-state index contributed by atoms with van der Waals surface area (Å²) in [5, 5.41) is 7.78. The summed E-state index contributed by atoms with van der Waals surface area (Å²) in [6.07, 6.45) is 2.49. The normalized spacial score (nSPS) is 13.0. The van der Waals surface area contributed by atoms with Crippen LogP contribution in [0.1, 0.15) is 21.6 Å². The van der Waals surface area contributed by atoms with Gasteiger partial charge in [-0.2, -0.15) is 5.10 Å². The predicted molar refractivity (Wildman–Crippen MR) is 81.2 cm³/mol. The summed E-state index contributed by atoms with van der Waals surface area (Å²) in [5.74, 6) is -0.120. The van der Waals surface area contributed by atoms with Crippen molar-refractivity contribution in [1.82, 2.24) is 9.78 Å². The lowest BCUT2D eigenvalue weighted by molar-refractivity contribution is 0.102. The van der Waals surface area contributed by atoms with Gasteiger partial charge in [-0.05, 0) is 18.1 Å². The number of hydrogen-bond acceptors (Lipinski definition) is 4. The molecule has 0 bridgehead atoms. The molecule has 0 fully saturated rings. The van der Waals surface area contributed by atoms with Gasteiger partial charge in [0.05, 0.1) is 24.4 Å². The van der Waals surface area contributed by atoms with E-state index in [4.69, 9.17) is 16.3 Å². The molecule has 0 spiro atoms. The van der Waals surface area contributed by atoms with E-state index in [9.17, 15) is 4.79 Å². The Bertz CT molecular complexity index is 682. The molecule has 0 aliphatic carbocycles. The van der Waals surface area contributed by atoms with Crippen LogP contribution in [0.15, 0.2) is 24.4 Å². The molecule has 1 aliphatic heterocycles. The van der Waals surface area contributed by atoms with Crippen molar-refractivity contribution in [3.63, 3.8) is 0 Å². The second-order valence-electron chi connectivity index (χ2n) is 4.93. The average Bonchev–Trinajstić information content (AvgIpc) is 3.10. The number of anilines is 1. The van der Waals surface area contributed by atoms with Gasteiger partial charge in [0.25, 0.3) is 0 Å². The molecule has 1 aromatic carbocycles. The van der Waals surface area contributed by atoms with Gasteiger partial charge in [0.15, 0.2) is 0 Å². The van der Waals surface area contributed by atoms with Gasteiger partial charge in [-0.1, -0.05) is 23.7 Å². The van der Waals surface area contributed by atoms with E-state index in [1.54, 1.807) is 11.8 Å². The van der Waals surface area contributed by atoms with Crippen LogP contribution in [0, 0.1) is 0 Å². The van der Waals surface area contributed by atoms with Gasteiger partial charge in [-0.25, -0.2) is 0 Å². The number of rotatable bonds is 5. The molecule has 0 atom stereocenters. The third kappa shape index (κ3) is 2.66. The Hall–Kier alpha value is -1.85. The molecule has 0 radical (unpaired) electrons. The minimum Gasteiger partial charge on any atom is -0.384 e. The first-order valence-corrected chi connectivity index (χ1v) is 7.20. The molecule has 0 saturated heterocycles. The molecule has 110 valence electrons. The van der Waals surface area contributed by atoms with E-state index in [0.29, 0.717) is 29.4 Å². The SMILES string of the molecule is COCCn1ncc(Cl)c1C(=O)c1ccc2c(c1)NCC2. The molecule has 0 amide bonds. The Labute approximate surface area is 127 Å². The zero-order valence-corrected chi connectivity index (χ0v) is 12.5. The van der Waals surface area contributed by atoms with Crippen molar-refractivity contribution in [3.05, 3.63) is 46.2 Å². The lowest BCUT2D eigenvalue weighted by Gasteiger charge is -2.08. The lowest BCUT2D eigenvalue weighted by atomic mass is 10.0. The van der Waals surface area contributed by atoms with Gasteiger partial charge in [0.1, 0.15) is 5.69 Å².